The van der Waals surface area contributed by atoms with Crippen LogP contribution in [0.3, 0.4) is 0 Å². The van der Waals surface area contributed by atoms with E-state index in [9.17, 15) is 4.79 Å². The van der Waals surface area contributed by atoms with E-state index in [2.05, 4.69) is 24.4 Å². The van der Waals surface area contributed by atoms with Gasteiger partial charge in [0.1, 0.15) is 0 Å². The Morgan fingerprint density at radius 2 is 2.15 bits per heavy atom. The first kappa shape index (κ1) is 14.4. The summed E-state index contributed by atoms with van der Waals surface area (Å²) in [6.45, 7) is 4.87. The van der Waals surface area contributed by atoms with Crippen molar-refractivity contribution in [1.29, 1.82) is 0 Å². The highest BCUT2D eigenvalue weighted by Crippen LogP contribution is 2.22. The zero-order valence-electron chi connectivity index (χ0n) is 11.6. The van der Waals surface area contributed by atoms with Crippen LogP contribution in [0.1, 0.15) is 27.0 Å². The van der Waals surface area contributed by atoms with Crippen LogP contribution in [0, 0.1) is 6.92 Å². The van der Waals surface area contributed by atoms with Gasteiger partial charge in [-0.2, -0.15) is 0 Å². The van der Waals surface area contributed by atoms with Crippen LogP contribution in [0.5, 0.6) is 0 Å². The number of hydrogen-bond donors (Lipinski definition) is 2. The molecule has 5 heteroatoms. The van der Waals surface area contributed by atoms with E-state index in [-0.39, 0.29) is 5.97 Å². The van der Waals surface area contributed by atoms with E-state index in [0.29, 0.717) is 24.4 Å². The van der Waals surface area contributed by atoms with Gasteiger partial charge in [0.15, 0.2) is 0 Å². The molecule has 0 atom stereocenters. The third kappa shape index (κ3) is 3.51. The predicted molar refractivity (Wildman–Crippen MR) is 83.2 cm³/mol. The lowest BCUT2D eigenvalue weighted by molar-refractivity contribution is 0.0527. The third-order valence-electron chi connectivity index (χ3n) is 2.79. The Morgan fingerprint density at radius 3 is 2.80 bits per heavy atom. The number of carbonyl (C=O) groups excluding carboxylic acids is 1. The van der Waals surface area contributed by atoms with E-state index in [1.807, 2.05) is 6.07 Å². The van der Waals surface area contributed by atoms with E-state index in [0.717, 1.165) is 5.69 Å². The van der Waals surface area contributed by atoms with Gasteiger partial charge in [0.25, 0.3) is 0 Å². The third-order valence-corrected chi connectivity index (χ3v) is 3.79. The second kappa shape index (κ2) is 6.43. The van der Waals surface area contributed by atoms with Crippen molar-refractivity contribution in [2.45, 2.75) is 20.4 Å². The lowest BCUT2D eigenvalue weighted by Gasteiger charge is -2.11. The summed E-state index contributed by atoms with van der Waals surface area (Å²) in [4.78, 5) is 14.4. The zero-order chi connectivity index (χ0) is 14.5. The molecule has 2 rings (SSSR count). The Kier molecular flexibility index (Phi) is 4.63. The molecule has 0 radical (unpaired) electrons. The Balaban J connectivity index is 2.16. The average molecular weight is 290 g/mol. The fourth-order valence-electron chi connectivity index (χ4n) is 1.86. The summed E-state index contributed by atoms with van der Waals surface area (Å²) in [5, 5.41) is 3.26. The van der Waals surface area contributed by atoms with E-state index in [1.54, 1.807) is 30.4 Å². The largest absolute Gasteiger partial charge is 0.462 e. The van der Waals surface area contributed by atoms with Gasteiger partial charge >= 0.3 is 5.97 Å². The predicted octanol–water partition coefficient (Wildman–Crippen LogP) is 3.43. The van der Waals surface area contributed by atoms with E-state index >= 15 is 0 Å². The zero-order valence-corrected chi connectivity index (χ0v) is 12.4. The molecule has 0 saturated heterocycles. The summed E-state index contributed by atoms with van der Waals surface area (Å²) >= 11 is 1.73. The van der Waals surface area contributed by atoms with Crippen molar-refractivity contribution in [3.63, 3.8) is 0 Å². The molecule has 1 aromatic heterocycles. The van der Waals surface area contributed by atoms with Crippen molar-refractivity contribution < 1.29 is 9.53 Å². The Morgan fingerprint density at radius 1 is 1.35 bits per heavy atom. The van der Waals surface area contributed by atoms with Gasteiger partial charge in [-0.15, -0.1) is 11.3 Å². The quantitative estimate of drug-likeness (QED) is 0.654. The second-order valence-electron chi connectivity index (χ2n) is 4.39. The number of nitrogens with one attached hydrogen (secondary N) is 1. The van der Waals surface area contributed by atoms with Crippen LogP contribution in [0.2, 0.25) is 0 Å². The molecule has 106 valence electrons. The molecule has 3 N–H and O–H groups in total. The standard InChI is InChI=1S/C15H18N2O2S/c1-3-19-15(18)13-8-11(16)5-7-14(13)17-9-12-6-4-10(2)20-12/h4-8,17H,3,9,16H2,1-2H3. The number of aryl methyl sites for hydroxylation is 1. The van der Waals surface area contributed by atoms with Gasteiger partial charge in [-0.3, -0.25) is 0 Å². The molecule has 0 aliphatic heterocycles. The van der Waals surface area contributed by atoms with Crippen LogP contribution in [0.25, 0.3) is 0 Å². The summed E-state index contributed by atoms with van der Waals surface area (Å²) < 4.78 is 5.05. The number of esters is 1. The van der Waals surface area contributed by atoms with Crippen LogP contribution in [0.4, 0.5) is 11.4 Å². The molecule has 2 aromatic rings. The Hall–Kier alpha value is -2.01. The molecular formula is C15H18N2O2S. The first-order chi connectivity index (χ1) is 9.60. The van der Waals surface area contributed by atoms with Crippen LogP contribution in [-0.2, 0) is 11.3 Å². The van der Waals surface area contributed by atoms with E-state index in [4.69, 9.17) is 10.5 Å². The normalized spacial score (nSPS) is 10.3. The average Bonchev–Trinajstić information content (AvgIpc) is 2.83. The number of hydrogen-bond acceptors (Lipinski definition) is 5. The molecule has 0 bridgehead atoms. The first-order valence-corrected chi connectivity index (χ1v) is 7.27. The van der Waals surface area contributed by atoms with Gasteiger partial charge in [-0.05, 0) is 44.2 Å². The molecule has 0 aliphatic carbocycles. The number of rotatable bonds is 5. The maximum absolute atomic E-state index is 11.9. The minimum absolute atomic E-state index is 0.344. The minimum atomic E-state index is -0.357. The van der Waals surface area contributed by atoms with E-state index in [1.165, 1.54) is 9.75 Å². The molecule has 0 fully saturated rings. The van der Waals surface area contributed by atoms with Crippen molar-refractivity contribution in [1.82, 2.24) is 0 Å². The Labute approximate surface area is 122 Å². The molecule has 1 aromatic carbocycles. The number of nitrogens with two attached hydrogens (primary N) is 1. The van der Waals surface area contributed by atoms with Crippen LogP contribution >= 0.6 is 11.3 Å². The first-order valence-electron chi connectivity index (χ1n) is 6.46. The summed E-state index contributed by atoms with van der Waals surface area (Å²) in [6, 6.07) is 9.37. The maximum Gasteiger partial charge on any atom is 0.340 e. The van der Waals surface area contributed by atoms with Crippen molar-refractivity contribution in [2.24, 2.45) is 0 Å². The van der Waals surface area contributed by atoms with E-state index < -0.39 is 0 Å². The number of benzene rings is 1. The smallest absolute Gasteiger partial charge is 0.340 e. The molecule has 0 saturated carbocycles. The van der Waals surface area contributed by atoms with Gasteiger partial charge in [-0.25, -0.2) is 4.79 Å². The Bertz CT molecular complexity index is 608. The van der Waals surface area contributed by atoms with Crippen molar-refractivity contribution in [3.05, 3.63) is 45.6 Å². The molecule has 1 heterocycles. The molecule has 0 aliphatic rings. The van der Waals surface area contributed by atoms with Crippen LogP contribution in [-0.4, -0.2) is 12.6 Å². The van der Waals surface area contributed by atoms with Gasteiger partial charge in [0, 0.05) is 27.7 Å². The minimum Gasteiger partial charge on any atom is -0.462 e. The number of thiophene rings is 1. The van der Waals surface area contributed by atoms with Gasteiger partial charge in [0.05, 0.1) is 12.2 Å². The van der Waals surface area contributed by atoms with Crippen molar-refractivity contribution in [3.8, 4) is 0 Å². The summed E-state index contributed by atoms with van der Waals surface area (Å²) in [5.41, 5.74) is 7.50. The fourth-order valence-corrected chi connectivity index (χ4v) is 2.69. The van der Waals surface area contributed by atoms with Crippen molar-refractivity contribution in [2.75, 3.05) is 17.7 Å². The molecule has 20 heavy (non-hydrogen) atoms. The highest BCUT2D eigenvalue weighted by Gasteiger charge is 2.13. The van der Waals surface area contributed by atoms with Crippen LogP contribution in [0.15, 0.2) is 30.3 Å². The summed E-state index contributed by atoms with van der Waals surface area (Å²) in [6.07, 6.45) is 0. The molecule has 0 spiro atoms. The van der Waals surface area contributed by atoms with Gasteiger partial charge in [-0.1, -0.05) is 0 Å². The highest BCUT2D eigenvalue weighted by atomic mass is 32.1. The summed E-state index contributed by atoms with van der Waals surface area (Å²) in [5.74, 6) is -0.357. The number of nitrogen functional groups attached to an aromatic ring is 1. The number of carbonyl (C=O) groups is 1. The maximum atomic E-state index is 11.9. The lowest BCUT2D eigenvalue weighted by Crippen LogP contribution is -2.10. The van der Waals surface area contributed by atoms with Gasteiger partial charge < -0.3 is 15.8 Å². The monoisotopic (exact) mass is 290 g/mol. The molecule has 4 nitrogen and oxygen atoms in total. The lowest BCUT2D eigenvalue weighted by atomic mass is 10.1. The second-order valence-corrected chi connectivity index (χ2v) is 5.76. The summed E-state index contributed by atoms with van der Waals surface area (Å²) in [7, 11) is 0. The molecule has 0 unspecified atom stereocenters. The fraction of sp³-hybridized carbons (Fsp3) is 0.267. The molecular weight excluding hydrogens is 272 g/mol. The van der Waals surface area contributed by atoms with Crippen LogP contribution < -0.4 is 11.1 Å². The topological polar surface area (TPSA) is 64.3 Å². The SMILES string of the molecule is CCOC(=O)c1cc(N)ccc1NCc1ccc(C)s1. The number of anilines is 2. The van der Waals surface area contributed by atoms with Gasteiger partial charge in [0.2, 0.25) is 0 Å². The highest BCUT2D eigenvalue weighted by molar-refractivity contribution is 7.11. The molecule has 0 amide bonds. The van der Waals surface area contributed by atoms with Crippen molar-refractivity contribution >= 4 is 28.7 Å². The number of ether oxygens (including phenoxy) is 1.